The molecule has 2 rings (SSSR count). The molecule has 2 heterocycles. The SMILES string of the molecule is CC(=O)C1CNC(C(=O)NCc2ccnc(OCC(F)(F)F)c2)C1. The van der Waals surface area contributed by atoms with Crippen LogP contribution in [0.1, 0.15) is 18.9 Å². The lowest BCUT2D eigenvalue weighted by Gasteiger charge is -2.12. The lowest BCUT2D eigenvalue weighted by atomic mass is 10.0. The largest absolute Gasteiger partial charge is 0.468 e. The van der Waals surface area contributed by atoms with Crippen LogP contribution in [-0.2, 0) is 16.1 Å². The van der Waals surface area contributed by atoms with Crippen molar-refractivity contribution < 1.29 is 27.5 Å². The van der Waals surface area contributed by atoms with Crippen LogP contribution in [0.5, 0.6) is 5.88 Å². The first-order valence-corrected chi connectivity index (χ1v) is 7.40. The number of amides is 1. The Kier molecular flexibility index (Phi) is 5.76. The summed E-state index contributed by atoms with van der Waals surface area (Å²) in [5.41, 5.74) is 0.566. The first-order chi connectivity index (χ1) is 11.2. The highest BCUT2D eigenvalue weighted by molar-refractivity contribution is 5.85. The zero-order chi connectivity index (χ0) is 17.7. The fourth-order valence-corrected chi connectivity index (χ4v) is 2.35. The standard InChI is InChI=1S/C15H18F3N3O3/c1-9(22)11-5-12(20-7-11)14(23)21-6-10-2-3-19-13(4-10)24-8-15(16,17)18/h2-4,11-12,20H,5-8H2,1H3,(H,21,23). The summed E-state index contributed by atoms with van der Waals surface area (Å²) >= 11 is 0. The number of carbonyl (C=O) groups excluding carboxylic acids is 2. The topological polar surface area (TPSA) is 80.3 Å². The summed E-state index contributed by atoms with van der Waals surface area (Å²) in [7, 11) is 0. The number of ketones is 1. The number of pyridine rings is 1. The van der Waals surface area contributed by atoms with E-state index in [0.717, 1.165) is 0 Å². The van der Waals surface area contributed by atoms with Gasteiger partial charge in [-0.3, -0.25) is 9.59 Å². The molecule has 2 atom stereocenters. The van der Waals surface area contributed by atoms with E-state index in [1.165, 1.54) is 19.2 Å². The van der Waals surface area contributed by atoms with Gasteiger partial charge in [-0.1, -0.05) is 0 Å². The molecule has 24 heavy (non-hydrogen) atoms. The van der Waals surface area contributed by atoms with Gasteiger partial charge in [-0.15, -0.1) is 0 Å². The molecule has 1 amide bonds. The van der Waals surface area contributed by atoms with Gasteiger partial charge < -0.3 is 15.4 Å². The molecule has 2 unspecified atom stereocenters. The molecule has 132 valence electrons. The van der Waals surface area contributed by atoms with E-state index in [1.807, 2.05) is 0 Å². The number of aromatic nitrogens is 1. The molecule has 1 aromatic rings. The van der Waals surface area contributed by atoms with Crippen LogP contribution in [0.15, 0.2) is 18.3 Å². The van der Waals surface area contributed by atoms with Crippen molar-refractivity contribution in [3.63, 3.8) is 0 Å². The molecular formula is C15H18F3N3O3. The predicted octanol–water partition coefficient (Wildman–Crippen LogP) is 1.21. The molecular weight excluding hydrogens is 327 g/mol. The molecule has 9 heteroatoms. The first kappa shape index (κ1) is 18.2. The monoisotopic (exact) mass is 345 g/mol. The molecule has 0 radical (unpaired) electrons. The second-order valence-corrected chi connectivity index (χ2v) is 5.63. The van der Waals surface area contributed by atoms with Crippen molar-refractivity contribution in [2.45, 2.75) is 32.1 Å². The van der Waals surface area contributed by atoms with Gasteiger partial charge in [0.25, 0.3) is 0 Å². The van der Waals surface area contributed by atoms with Crippen LogP contribution in [0, 0.1) is 5.92 Å². The number of hydrogen-bond donors (Lipinski definition) is 2. The number of Topliss-reactive ketones (excluding diaryl/α,β-unsaturated/α-hetero) is 1. The molecule has 0 saturated carbocycles. The Bertz CT molecular complexity index is 607. The minimum atomic E-state index is -4.44. The Morgan fingerprint density at radius 3 is 2.83 bits per heavy atom. The van der Waals surface area contributed by atoms with Crippen LogP contribution < -0.4 is 15.4 Å². The summed E-state index contributed by atoms with van der Waals surface area (Å²) in [4.78, 5) is 27.0. The van der Waals surface area contributed by atoms with Crippen LogP contribution in [0.3, 0.4) is 0 Å². The van der Waals surface area contributed by atoms with Gasteiger partial charge in [0.05, 0.1) is 6.04 Å². The zero-order valence-corrected chi connectivity index (χ0v) is 13.0. The summed E-state index contributed by atoms with van der Waals surface area (Å²) in [6, 6.07) is 2.47. The maximum atomic E-state index is 12.1. The van der Waals surface area contributed by atoms with E-state index in [2.05, 4.69) is 20.4 Å². The maximum absolute atomic E-state index is 12.1. The molecule has 1 fully saturated rings. The van der Waals surface area contributed by atoms with E-state index in [9.17, 15) is 22.8 Å². The fraction of sp³-hybridized carbons (Fsp3) is 0.533. The molecule has 0 bridgehead atoms. The summed E-state index contributed by atoms with van der Waals surface area (Å²) in [6.45, 7) is 0.672. The number of ether oxygens (including phenoxy) is 1. The van der Waals surface area contributed by atoms with Gasteiger partial charge in [0.15, 0.2) is 6.61 Å². The summed E-state index contributed by atoms with van der Waals surface area (Å²) in [5, 5.41) is 5.66. The third-order valence-corrected chi connectivity index (χ3v) is 3.67. The van der Waals surface area contributed by atoms with Gasteiger partial charge in [0.2, 0.25) is 11.8 Å². The third kappa shape index (κ3) is 5.48. The van der Waals surface area contributed by atoms with Crippen molar-refractivity contribution in [1.29, 1.82) is 0 Å². The number of hydrogen-bond acceptors (Lipinski definition) is 5. The smallest absolute Gasteiger partial charge is 0.422 e. The highest BCUT2D eigenvalue weighted by Gasteiger charge is 2.31. The van der Waals surface area contributed by atoms with Gasteiger partial charge in [0.1, 0.15) is 5.78 Å². The van der Waals surface area contributed by atoms with E-state index >= 15 is 0 Å². The van der Waals surface area contributed by atoms with Crippen molar-refractivity contribution in [2.75, 3.05) is 13.2 Å². The van der Waals surface area contributed by atoms with Crippen molar-refractivity contribution in [3.8, 4) is 5.88 Å². The van der Waals surface area contributed by atoms with Crippen LogP contribution in [0.4, 0.5) is 13.2 Å². The number of carbonyl (C=O) groups is 2. The maximum Gasteiger partial charge on any atom is 0.422 e. The molecule has 1 aromatic heterocycles. The highest BCUT2D eigenvalue weighted by atomic mass is 19.4. The Labute approximate surface area is 136 Å². The Hall–Kier alpha value is -2.16. The van der Waals surface area contributed by atoms with Gasteiger partial charge >= 0.3 is 6.18 Å². The molecule has 1 saturated heterocycles. The fourth-order valence-electron chi connectivity index (χ4n) is 2.35. The van der Waals surface area contributed by atoms with Crippen molar-refractivity contribution >= 4 is 11.7 Å². The highest BCUT2D eigenvalue weighted by Crippen LogP contribution is 2.18. The third-order valence-electron chi connectivity index (χ3n) is 3.67. The Morgan fingerprint density at radius 1 is 1.46 bits per heavy atom. The van der Waals surface area contributed by atoms with Crippen molar-refractivity contribution in [2.24, 2.45) is 5.92 Å². The quantitative estimate of drug-likeness (QED) is 0.810. The average Bonchev–Trinajstić information content (AvgIpc) is 3.01. The zero-order valence-electron chi connectivity index (χ0n) is 13.0. The number of nitrogens with one attached hydrogen (secondary N) is 2. The van der Waals surface area contributed by atoms with Crippen LogP contribution in [0.25, 0.3) is 0 Å². The van der Waals surface area contributed by atoms with Crippen molar-refractivity contribution in [3.05, 3.63) is 23.9 Å². The minimum absolute atomic E-state index is 0.0402. The lowest BCUT2D eigenvalue weighted by Crippen LogP contribution is -2.40. The predicted molar refractivity (Wildman–Crippen MR) is 78.2 cm³/mol. The normalized spacial score (nSPS) is 20.7. The molecule has 0 spiro atoms. The van der Waals surface area contributed by atoms with Crippen LogP contribution >= 0.6 is 0 Å². The van der Waals surface area contributed by atoms with E-state index in [4.69, 9.17) is 0 Å². The second-order valence-electron chi connectivity index (χ2n) is 5.63. The number of nitrogens with zero attached hydrogens (tertiary/aromatic N) is 1. The molecule has 1 aliphatic rings. The lowest BCUT2D eigenvalue weighted by molar-refractivity contribution is -0.154. The molecule has 0 aromatic carbocycles. The van der Waals surface area contributed by atoms with E-state index < -0.39 is 18.8 Å². The molecule has 2 N–H and O–H groups in total. The van der Waals surface area contributed by atoms with E-state index in [0.29, 0.717) is 18.5 Å². The molecule has 1 aliphatic heterocycles. The van der Waals surface area contributed by atoms with Crippen LogP contribution in [-0.4, -0.2) is 42.0 Å². The Morgan fingerprint density at radius 2 is 2.21 bits per heavy atom. The number of halogens is 3. The summed E-state index contributed by atoms with van der Waals surface area (Å²) < 4.78 is 40.9. The summed E-state index contributed by atoms with van der Waals surface area (Å²) in [5.74, 6) is -0.537. The summed E-state index contributed by atoms with van der Waals surface area (Å²) in [6.07, 6.45) is -2.68. The Balaban J connectivity index is 1.84. The van der Waals surface area contributed by atoms with Gasteiger partial charge in [0, 0.05) is 31.3 Å². The minimum Gasteiger partial charge on any atom is -0.468 e. The van der Waals surface area contributed by atoms with Gasteiger partial charge in [-0.25, -0.2) is 4.98 Å². The van der Waals surface area contributed by atoms with Crippen molar-refractivity contribution in [1.82, 2.24) is 15.6 Å². The van der Waals surface area contributed by atoms with E-state index in [-0.39, 0.29) is 30.0 Å². The van der Waals surface area contributed by atoms with Crippen LogP contribution in [0.2, 0.25) is 0 Å². The molecule has 6 nitrogen and oxygen atoms in total. The van der Waals surface area contributed by atoms with Gasteiger partial charge in [-0.05, 0) is 25.0 Å². The van der Waals surface area contributed by atoms with Gasteiger partial charge in [-0.2, -0.15) is 13.2 Å². The second kappa shape index (κ2) is 7.61. The van der Waals surface area contributed by atoms with E-state index in [1.54, 1.807) is 6.07 Å². The molecule has 0 aliphatic carbocycles. The number of rotatable bonds is 6. The average molecular weight is 345 g/mol. The number of alkyl halides is 3. The first-order valence-electron chi connectivity index (χ1n) is 7.40.